The number of amides is 1. The average Bonchev–Trinajstić information content (AvgIpc) is 2.92. The number of hydrazine groups is 1. The second-order valence-electron chi connectivity index (χ2n) is 5.07. The molecule has 1 aliphatic carbocycles. The van der Waals surface area contributed by atoms with Crippen molar-refractivity contribution in [2.24, 2.45) is 5.84 Å². The summed E-state index contributed by atoms with van der Waals surface area (Å²) in [6.45, 7) is 0.380. The van der Waals surface area contributed by atoms with Gasteiger partial charge in [-0.3, -0.25) is 15.1 Å². The number of allylic oxidation sites excluding steroid dienone is 1. The highest BCUT2D eigenvalue weighted by molar-refractivity contribution is 7.08. The molecule has 4 nitrogen and oxygen atoms in total. The number of nitrogens with one attached hydrogen (secondary N) is 1. The predicted octanol–water partition coefficient (Wildman–Crippen LogP) is 2.00. The van der Waals surface area contributed by atoms with Crippen molar-refractivity contribution in [3.8, 4) is 0 Å². The molecule has 0 aromatic carbocycles. The molecule has 0 atom stereocenters. The van der Waals surface area contributed by atoms with Crippen LogP contribution in [0.5, 0.6) is 0 Å². The second-order valence-corrected chi connectivity index (χ2v) is 5.85. The molecule has 19 heavy (non-hydrogen) atoms. The van der Waals surface area contributed by atoms with Gasteiger partial charge in [-0.25, -0.2) is 5.84 Å². The summed E-state index contributed by atoms with van der Waals surface area (Å²) < 4.78 is 0. The Balaban J connectivity index is 1.83. The molecule has 1 amide bonds. The molecule has 1 aromatic heterocycles. The summed E-state index contributed by atoms with van der Waals surface area (Å²) in [6.07, 6.45) is 6.78. The molecule has 3 N–H and O–H groups in total. The van der Waals surface area contributed by atoms with Crippen molar-refractivity contribution in [3.05, 3.63) is 28.0 Å². The smallest absolute Gasteiger partial charge is 0.248 e. The molecule has 0 spiro atoms. The van der Waals surface area contributed by atoms with Crippen LogP contribution >= 0.6 is 11.3 Å². The number of likely N-dealkylation sites (N-methyl/N-ethyl adjacent to an activating group) is 1. The minimum Gasteiger partial charge on any atom is -0.295 e. The number of nitrogens with two attached hydrogens (primary N) is 1. The van der Waals surface area contributed by atoms with Crippen molar-refractivity contribution in [1.82, 2.24) is 10.3 Å². The monoisotopic (exact) mass is 279 g/mol. The van der Waals surface area contributed by atoms with E-state index in [0.29, 0.717) is 12.6 Å². The fourth-order valence-corrected chi connectivity index (χ4v) is 3.17. The van der Waals surface area contributed by atoms with E-state index >= 15 is 0 Å². The standard InChI is InChI=1S/C14H21N3OS/c1-17(9-14(18)16-15)13-4-2-11(3-5-13)8-12-6-7-19-10-12/h6-8,10,13H,2-5,9,15H2,1H3,(H,16,18). The number of hydrogen-bond acceptors (Lipinski definition) is 4. The molecule has 0 aliphatic heterocycles. The Bertz CT molecular complexity index is 432. The minimum absolute atomic E-state index is 0.123. The molecule has 1 aromatic rings. The van der Waals surface area contributed by atoms with E-state index in [0.717, 1.165) is 25.7 Å². The Labute approximate surface area is 118 Å². The zero-order chi connectivity index (χ0) is 13.7. The summed E-state index contributed by atoms with van der Waals surface area (Å²) in [4.78, 5) is 13.4. The first-order chi connectivity index (χ1) is 9.19. The van der Waals surface area contributed by atoms with Crippen LogP contribution in [0.2, 0.25) is 0 Å². The maximum atomic E-state index is 11.3. The lowest BCUT2D eigenvalue weighted by atomic mass is 9.89. The maximum Gasteiger partial charge on any atom is 0.248 e. The van der Waals surface area contributed by atoms with Gasteiger partial charge < -0.3 is 0 Å². The van der Waals surface area contributed by atoms with Crippen molar-refractivity contribution >= 4 is 23.3 Å². The summed E-state index contributed by atoms with van der Waals surface area (Å²) in [5.74, 6) is 4.99. The van der Waals surface area contributed by atoms with Crippen molar-refractivity contribution in [2.75, 3.05) is 13.6 Å². The molecule has 1 saturated carbocycles. The minimum atomic E-state index is -0.123. The van der Waals surface area contributed by atoms with Crippen LogP contribution < -0.4 is 11.3 Å². The van der Waals surface area contributed by atoms with E-state index in [1.807, 2.05) is 7.05 Å². The Morgan fingerprint density at radius 3 is 2.89 bits per heavy atom. The van der Waals surface area contributed by atoms with E-state index in [2.05, 4.69) is 33.2 Å². The van der Waals surface area contributed by atoms with Gasteiger partial charge in [0.1, 0.15) is 0 Å². The third-order valence-corrected chi connectivity index (χ3v) is 4.39. The second kappa shape index (κ2) is 6.84. The van der Waals surface area contributed by atoms with E-state index in [1.54, 1.807) is 11.3 Å². The van der Waals surface area contributed by atoms with Gasteiger partial charge in [-0.2, -0.15) is 11.3 Å². The molecule has 2 rings (SSSR count). The van der Waals surface area contributed by atoms with Crippen LogP contribution in [0.25, 0.3) is 6.08 Å². The normalized spacial score (nSPS) is 19.5. The Kier molecular flexibility index (Phi) is 5.13. The molecular weight excluding hydrogens is 258 g/mol. The fraction of sp³-hybridized carbons (Fsp3) is 0.500. The summed E-state index contributed by atoms with van der Waals surface area (Å²) in [7, 11) is 1.99. The molecule has 0 radical (unpaired) electrons. The molecule has 104 valence electrons. The largest absolute Gasteiger partial charge is 0.295 e. The van der Waals surface area contributed by atoms with E-state index in [4.69, 9.17) is 5.84 Å². The van der Waals surface area contributed by atoms with Crippen LogP contribution in [0.1, 0.15) is 31.2 Å². The van der Waals surface area contributed by atoms with Gasteiger partial charge in [0.2, 0.25) is 5.91 Å². The van der Waals surface area contributed by atoms with Crippen LogP contribution in [0.4, 0.5) is 0 Å². The predicted molar refractivity (Wildman–Crippen MR) is 79.5 cm³/mol. The highest BCUT2D eigenvalue weighted by Crippen LogP contribution is 2.28. The van der Waals surface area contributed by atoms with Crippen LogP contribution in [0, 0.1) is 0 Å². The summed E-state index contributed by atoms with van der Waals surface area (Å²) in [5.41, 5.74) is 5.02. The van der Waals surface area contributed by atoms with Gasteiger partial charge in [0.25, 0.3) is 0 Å². The third kappa shape index (κ3) is 4.16. The van der Waals surface area contributed by atoms with Gasteiger partial charge in [0.05, 0.1) is 6.54 Å². The molecule has 0 unspecified atom stereocenters. The highest BCUT2D eigenvalue weighted by atomic mass is 32.1. The zero-order valence-electron chi connectivity index (χ0n) is 11.3. The van der Waals surface area contributed by atoms with Crippen molar-refractivity contribution in [1.29, 1.82) is 0 Å². The van der Waals surface area contributed by atoms with Crippen molar-refractivity contribution in [2.45, 2.75) is 31.7 Å². The van der Waals surface area contributed by atoms with Crippen LogP contribution in [-0.2, 0) is 4.79 Å². The number of carbonyl (C=O) groups excluding carboxylic acids is 1. The molecule has 1 heterocycles. The first kappa shape index (κ1) is 14.2. The lowest BCUT2D eigenvalue weighted by molar-refractivity contribution is -0.122. The third-order valence-electron chi connectivity index (χ3n) is 3.69. The van der Waals surface area contributed by atoms with Crippen LogP contribution in [0.15, 0.2) is 22.4 Å². The summed E-state index contributed by atoms with van der Waals surface area (Å²) in [6, 6.07) is 2.64. The Hall–Kier alpha value is -1.17. The van der Waals surface area contributed by atoms with Gasteiger partial charge in [0.15, 0.2) is 0 Å². The van der Waals surface area contributed by atoms with E-state index in [-0.39, 0.29) is 5.91 Å². The summed E-state index contributed by atoms with van der Waals surface area (Å²) >= 11 is 1.73. The lowest BCUT2D eigenvalue weighted by Gasteiger charge is -2.31. The number of thiophene rings is 1. The topological polar surface area (TPSA) is 58.4 Å². The quantitative estimate of drug-likeness (QED) is 0.503. The van der Waals surface area contributed by atoms with Gasteiger partial charge >= 0.3 is 0 Å². The summed E-state index contributed by atoms with van der Waals surface area (Å²) in [5, 5.41) is 4.29. The zero-order valence-corrected chi connectivity index (χ0v) is 12.1. The average molecular weight is 279 g/mol. The van der Waals surface area contributed by atoms with Gasteiger partial charge in [-0.05, 0) is 55.1 Å². The van der Waals surface area contributed by atoms with E-state index in [9.17, 15) is 4.79 Å². The first-order valence-corrected chi connectivity index (χ1v) is 7.54. The first-order valence-electron chi connectivity index (χ1n) is 6.60. The van der Waals surface area contributed by atoms with Crippen molar-refractivity contribution < 1.29 is 4.79 Å². The Morgan fingerprint density at radius 1 is 1.58 bits per heavy atom. The van der Waals surface area contributed by atoms with Crippen molar-refractivity contribution in [3.63, 3.8) is 0 Å². The molecule has 0 bridgehead atoms. The maximum absolute atomic E-state index is 11.3. The van der Waals surface area contributed by atoms with Crippen LogP contribution in [-0.4, -0.2) is 30.4 Å². The van der Waals surface area contributed by atoms with E-state index < -0.39 is 0 Å². The van der Waals surface area contributed by atoms with E-state index in [1.165, 1.54) is 11.1 Å². The Morgan fingerprint density at radius 2 is 2.32 bits per heavy atom. The highest BCUT2D eigenvalue weighted by Gasteiger charge is 2.21. The van der Waals surface area contributed by atoms with Crippen LogP contribution in [0.3, 0.4) is 0 Å². The lowest BCUT2D eigenvalue weighted by Crippen LogP contribution is -2.43. The number of carbonyl (C=O) groups is 1. The fourth-order valence-electron chi connectivity index (χ4n) is 2.55. The number of rotatable bonds is 4. The molecular formula is C14H21N3OS. The van der Waals surface area contributed by atoms with Gasteiger partial charge in [0, 0.05) is 6.04 Å². The molecule has 0 saturated heterocycles. The number of hydrogen-bond donors (Lipinski definition) is 2. The molecule has 5 heteroatoms. The SMILES string of the molecule is CN(CC(=O)NN)C1CCC(=Cc2ccsc2)CC1. The van der Waals surface area contributed by atoms with Gasteiger partial charge in [-0.1, -0.05) is 11.6 Å². The van der Waals surface area contributed by atoms with Gasteiger partial charge in [-0.15, -0.1) is 0 Å². The number of nitrogens with zero attached hydrogens (tertiary/aromatic N) is 1. The molecule has 1 fully saturated rings. The molecule has 1 aliphatic rings.